The number of carbonyl (C=O) groups excluding carboxylic acids is 2. The number of anilines is 1. The van der Waals surface area contributed by atoms with Crippen LogP contribution in [0.25, 0.3) is 0 Å². The summed E-state index contributed by atoms with van der Waals surface area (Å²) in [6, 6.07) is 5.26. The summed E-state index contributed by atoms with van der Waals surface area (Å²) in [5.74, 6) is -0.0932. The lowest BCUT2D eigenvalue weighted by molar-refractivity contribution is -0.120. The molecule has 1 aromatic rings. The van der Waals surface area contributed by atoms with E-state index in [1.54, 1.807) is 30.1 Å². The lowest BCUT2D eigenvalue weighted by Gasteiger charge is -2.21. The van der Waals surface area contributed by atoms with Gasteiger partial charge in [-0.15, -0.1) is 0 Å². The maximum atomic E-state index is 11.6. The van der Waals surface area contributed by atoms with E-state index in [1.165, 1.54) is 0 Å². The summed E-state index contributed by atoms with van der Waals surface area (Å²) in [5, 5.41) is 3.18. The van der Waals surface area contributed by atoms with Gasteiger partial charge < -0.3 is 10.2 Å². The molecular weight excluding hydrogens is 252 g/mol. The zero-order chi connectivity index (χ0) is 13.7. The fourth-order valence-corrected chi connectivity index (χ4v) is 1.86. The van der Waals surface area contributed by atoms with Gasteiger partial charge in [-0.1, -0.05) is 17.7 Å². The molecule has 0 aliphatic heterocycles. The Balaban J connectivity index is 2.84. The third-order valence-corrected chi connectivity index (χ3v) is 2.72. The van der Waals surface area contributed by atoms with E-state index in [-0.39, 0.29) is 18.5 Å². The number of likely N-dealkylation sites (N-methyl/N-ethyl adjacent to an activating group) is 1. The second-order valence-electron chi connectivity index (χ2n) is 4.37. The number of carbonyl (C=O) groups is 2. The number of halogens is 1. The van der Waals surface area contributed by atoms with Gasteiger partial charge in [0.1, 0.15) is 0 Å². The maximum Gasteiger partial charge on any atom is 0.239 e. The standard InChI is InChI=1S/C13H17ClN2O2/c1-9(2)15-13(18)7-16(3)12-6-4-5-11(14)10(12)8-17/h4-6,8-9H,7H2,1-3H3,(H,15,18). The van der Waals surface area contributed by atoms with Crippen molar-refractivity contribution in [3.63, 3.8) is 0 Å². The fourth-order valence-electron chi connectivity index (χ4n) is 1.64. The Bertz CT molecular complexity index is 447. The molecule has 5 heteroatoms. The van der Waals surface area contributed by atoms with E-state index in [1.807, 2.05) is 13.8 Å². The topological polar surface area (TPSA) is 49.4 Å². The zero-order valence-corrected chi connectivity index (χ0v) is 11.5. The minimum Gasteiger partial charge on any atom is -0.365 e. The van der Waals surface area contributed by atoms with Gasteiger partial charge in [0.25, 0.3) is 0 Å². The van der Waals surface area contributed by atoms with Gasteiger partial charge in [-0.05, 0) is 26.0 Å². The summed E-state index contributed by atoms with van der Waals surface area (Å²) in [6.07, 6.45) is 0.703. The minimum atomic E-state index is -0.0932. The molecule has 0 fully saturated rings. The molecular formula is C13H17ClN2O2. The molecule has 1 amide bonds. The fraction of sp³-hybridized carbons (Fsp3) is 0.385. The number of nitrogens with zero attached hydrogens (tertiary/aromatic N) is 1. The Hall–Kier alpha value is -1.55. The molecule has 0 aliphatic rings. The van der Waals surface area contributed by atoms with E-state index >= 15 is 0 Å². The zero-order valence-electron chi connectivity index (χ0n) is 10.7. The van der Waals surface area contributed by atoms with Crippen LogP contribution in [0.3, 0.4) is 0 Å². The SMILES string of the molecule is CC(C)NC(=O)CN(C)c1cccc(Cl)c1C=O. The molecule has 98 valence electrons. The van der Waals surface area contributed by atoms with Gasteiger partial charge in [-0.2, -0.15) is 0 Å². The first-order valence-corrected chi connectivity index (χ1v) is 6.07. The van der Waals surface area contributed by atoms with Crippen LogP contribution in [-0.2, 0) is 4.79 Å². The summed E-state index contributed by atoms with van der Waals surface area (Å²) in [5.41, 5.74) is 1.05. The molecule has 0 saturated carbocycles. The molecule has 0 bridgehead atoms. The molecule has 1 rings (SSSR count). The average Bonchev–Trinajstić information content (AvgIpc) is 2.27. The van der Waals surface area contributed by atoms with Crippen molar-refractivity contribution in [1.82, 2.24) is 5.32 Å². The normalized spacial score (nSPS) is 10.3. The highest BCUT2D eigenvalue weighted by molar-refractivity contribution is 6.33. The number of rotatable bonds is 5. The average molecular weight is 269 g/mol. The largest absolute Gasteiger partial charge is 0.365 e. The van der Waals surface area contributed by atoms with Gasteiger partial charge in [0.15, 0.2) is 6.29 Å². The van der Waals surface area contributed by atoms with Gasteiger partial charge in [-0.25, -0.2) is 0 Å². The smallest absolute Gasteiger partial charge is 0.239 e. The van der Waals surface area contributed by atoms with Crippen molar-refractivity contribution in [2.75, 3.05) is 18.5 Å². The molecule has 0 radical (unpaired) electrons. The number of aldehydes is 1. The van der Waals surface area contributed by atoms with E-state index in [0.717, 1.165) is 0 Å². The second kappa shape index (κ2) is 6.40. The number of benzene rings is 1. The van der Waals surface area contributed by atoms with Gasteiger partial charge in [-0.3, -0.25) is 9.59 Å². The quantitative estimate of drug-likeness (QED) is 0.832. The molecule has 0 spiro atoms. The first-order valence-electron chi connectivity index (χ1n) is 5.70. The van der Waals surface area contributed by atoms with Crippen molar-refractivity contribution in [3.05, 3.63) is 28.8 Å². The maximum absolute atomic E-state index is 11.6. The van der Waals surface area contributed by atoms with Crippen LogP contribution in [0.2, 0.25) is 5.02 Å². The highest BCUT2D eigenvalue weighted by Crippen LogP contribution is 2.24. The minimum absolute atomic E-state index is 0.0932. The Morgan fingerprint density at radius 1 is 1.50 bits per heavy atom. The van der Waals surface area contributed by atoms with Crippen LogP contribution in [-0.4, -0.2) is 31.8 Å². The Labute approximate surface area is 112 Å². The van der Waals surface area contributed by atoms with E-state index < -0.39 is 0 Å². The summed E-state index contributed by atoms with van der Waals surface area (Å²) >= 11 is 5.94. The highest BCUT2D eigenvalue weighted by atomic mass is 35.5. The van der Waals surface area contributed by atoms with Gasteiger partial charge in [0.2, 0.25) is 5.91 Å². The summed E-state index contributed by atoms with van der Waals surface area (Å²) in [7, 11) is 1.75. The highest BCUT2D eigenvalue weighted by Gasteiger charge is 2.13. The monoisotopic (exact) mass is 268 g/mol. The van der Waals surface area contributed by atoms with Crippen molar-refractivity contribution >= 4 is 29.5 Å². The summed E-state index contributed by atoms with van der Waals surface area (Å²) in [4.78, 5) is 24.4. The van der Waals surface area contributed by atoms with Crippen LogP contribution in [0.1, 0.15) is 24.2 Å². The van der Waals surface area contributed by atoms with E-state index in [2.05, 4.69) is 5.32 Å². The van der Waals surface area contributed by atoms with Crippen LogP contribution in [0.15, 0.2) is 18.2 Å². The van der Waals surface area contributed by atoms with Crippen LogP contribution in [0.4, 0.5) is 5.69 Å². The molecule has 0 aromatic heterocycles. The number of nitrogens with one attached hydrogen (secondary N) is 1. The van der Waals surface area contributed by atoms with Crippen LogP contribution < -0.4 is 10.2 Å². The molecule has 18 heavy (non-hydrogen) atoms. The van der Waals surface area contributed by atoms with E-state index in [0.29, 0.717) is 22.6 Å². The van der Waals surface area contributed by atoms with Crippen LogP contribution in [0, 0.1) is 0 Å². The second-order valence-corrected chi connectivity index (χ2v) is 4.78. The number of amides is 1. The summed E-state index contributed by atoms with van der Waals surface area (Å²) in [6.45, 7) is 3.97. The molecule has 1 aromatic carbocycles. The van der Waals surface area contributed by atoms with E-state index in [9.17, 15) is 9.59 Å². The first-order chi connectivity index (χ1) is 8.45. The van der Waals surface area contributed by atoms with Crippen molar-refractivity contribution in [1.29, 1.82) is 0 Å². The molecule has 4 nitrogen and oxygen atoms in total. The van der Waals surface area contributed by atoms with Crippen molar-refractivity contribution < 1.29 is 9.59 Å². The lowest BCUT2D eigenvalue weighted by Crippen LogP contribution is -2.38. The number of hydrogen-bond donors (Lipinski definition) is 1. The molecule has 0 unspecified atom stereocenters. The lowest BCUT2D eigenvalue weighted by atomic mass is 10.2. The predicted octanol–water partition coefficient (Wildman–Crippen LogP) is 2.11. The van der Waals surface area contributed by atoms with Gasteiger partial charge in [0, 0.05) is 18.8 Å². The third-order valence-electron chi connectivity index (χ3n) is 2.39. The van der Waals surface area contributed by atoms with Gasteiger partial charge in [0.05, 0.1) is 17.1 Å². The number of hydrogen-bond acceptors (Lipinski definition) is 3. The Morgan fingerprint density at radius 2 is 2.17 bits per heavy atom. The predicted molar refractivity (Wildman–Crippen MR) is 73.4 cm³/mol. The molecule has 0 atom stereocenters. The summed E-state index contributed by atoms with van der Waals surface area (Å²) < 4.78 is 0. The molecule has 0 aliphatic carbocycles. The van der Waals surface area contributed by atoms with Gasteiger partial charge >= 0.3 is 0 Å². The molecule has 0 saturated heterocycles. The van der Waals surface area contributed by atoms with Crippen molar-refractivity contribution in [2.24, 2.45) is 0 Å². The van der Waals surface area contributed by atoms with Crippen molar-refractivity contribution in [3.8, 4) is 0 Å². The Morgan fingerprint density at radius 3 is 2.72 bits per heavy atom. The molecule has 0 heterocycles. The first kappa shape index (κ1) is 14.5. The van der Waals surface area contributed by atoms with Crippen LogP contribution in [0.5, 0.6) is 0 Å². The van der Waals surface area contributed by atoms with E-state index in [4.69, 9.17) is 11.6 Å². The van der Waals surface area contributed by atoms with Crippen molar-refractivity contribution in [2.45, 2.75) is 19.9 Å². The Kier molecular flexibility index (Phi) is 5.16. The third kappa shape index (κ3) is 3.74. The van der Waals surface area contributed by atoms with Crippen LogP contribution >= 0.6 is 11.6 Å². The molecule has 1 N–H and O–H groups in total.